The molecule has 5 rings (SSSR count). The molecule has 0 bridgehead atoms. The fourth-order valence-electron chi connectivity index (χ4n) is 4.85. The summed E-state index contributed by atoms with van der Waals surface area (Å²) in [5.74, 6) is 1.12. The zero-order valence-corrected chi connectivity index (χ0v) is 20.1. The first-order chi connectivity index (χ1) is 16.0. The Bertz CT molecular complexity index is 1140. The molecule has 3 aromatic rings. The number of aromatic nitrogens is 2. The third-order valence-electron chi connectivity index (χ3n) is 6.94. The first-order valence-electron chi connectivity index (χ1n) is 11.9. The van der Waals surface area contributed by atoms with Crippen molar-refractivity contribution in [1.29, 1.82) is 0 Å². The normalized spacial score (nSPS) is 19.4. The first kappa shape index (κ1) is 22.2. The maximum Gasteiger partial charge on any atom is 0.223 e. The minimum absolute atomic E-state index is 0.0419. The van der Waals surface area contributed by atoms with E-state index in [0.29, 0.717) is 6.61 Å². The van der Waals surface area contributed by atoms with E-state index in [2.05, 4.69) is 52.0 Å². The van der Waals surface area contributed by atoms with Crippen molar-refractivity contribution in [3.8, 4) is 5.69 Å². The molecule has 1 N–H and O–H groups in total. The predicted molar refractivity (Wildman–Crippen MR) is 132 cm³/mol. The largest absolute Gasteiger partial charge is 0.379 e. The lowest BCUT2D eigenvalue weighted by molar-refractivity contribution is -0.126. The maximum atomic E-state index is 12.7. The molecule has 1 unspecified atom stereocenters. The smallest absolute Gasteiger partial charge is 0.223 e. The molecule has 33 heavy (non-hydrogen) atoms. The maximum absolute atomic E-state index is 12.7. The number of aryl methyl sites for hydroxylation is 2. The Morgan fingerprint density at radius 3 is 2.61 bits per heavy atom. The Morgan fingerprint density at radius 1 is 1.18 bits per heavy atom. The zero-order valence-electron chi connectivity index (χ0n) is 19.3. The van der Waals surface area contributed by atoms with Gasteiger partial charge in [0.25, 0.3) is 0 Å². The molecule has 1 atom stereocenters. The van der Waals surface area contributed by atoms with Crippen molar-refractivity contribution in [2.24, 2.45) is 5.92 Å². The SMILES string of the molecule is CCc1ccc(-n2c(N3CCC(C(=O)NC4CCOC4)CC3)nc3cc(Cl)c(C)cc32)cc1. The summed E-state index contributed by atoms with van der Waals surface area (Å²) < 4.78 is 7.62. The van der Waals surface area contributed by atoms with Gasteiger partial charge in [0, 0.05) is 36.3 Å². The first-order valence-corrected chi connectivity index (χ1v) is 12.3. The van der Waals surface area contributed by atoms with Crippen molar-refractivity contribution < 1.29 is 9.53 Å². The quantitative estimate of drug-likeness (QED) is 0.593. The number of benzene rings is 2. The molecule has 0 saturated carbocycles. The lowest BCUT2D eigenvalue weighted by Gasteiger charge is -2.32. The Balaban J connectivity index is 1.42. The van der Waals surface area contributed by atoms with Crippen molar-refractivity contribution in [3.05, 3.63) is 52.5 Å². The van der Waals surface area contributed by atoms with Gasteiger partial charge in [0.1, 0.15) is 0 Å². The number of carbonyl (C=O) groups is 1. The number of fused-ring (bicyclic) bond motifs is 1. The number of carbonyl (C=O) groups excluding carboxylic acids is 1. The van der Waals surface area contributed by atoms with Crippen LogP contribution in [-0.4, -0.2) is 47.8 Å². The minimum atomic E-state index is 0.0419. The molecule has 6 nitrogen and oxygen atoms in total. The van der Waals surface area contributed by atoms with E-state index in [4.69, 9.17) is 21.3 Å². The molecule has 7 heteroatoms. The van der Waals surface area contributed by atoms with Crippen molar-refractivity contribution in [1.82, 2.24) is 14.9 Å². The molecule has 3 heterocycles. The fraction of sp³-hybridized carbons (Fsp3) is 0.462. The number of piperidine rings is 1. The van der Waals surface area contributed by atoms with Crippen LogP contribution in [0.1, 0.15) is 37.3 Å². The van der Waals surface area contributed by atoms with Crippen molar-refractivity contribution in [2.45, 2.75) is 45.6 Å². The third-order valence-corrected chi connectivity index (χ3v) is 7.35. The van der Waals surface area contributed by atoms with Gasteiger partial charge in [0.15, 0.2) is 0 Å². The van der Waals surface area contributed by atoms with E-state index < -0.39 is 0 Å². The molecule has 2 aliphatic heterocycles. The number of hydrogen-bond acceptors (Lipinski definition) is 4. The van der Waals surface area contributed by atoms with Gasteiger partial charge in [-0.1, -0.05) is 30.7 Å². The average Bonchev–Trinajstić information content (AvgIpc) is 3.47. The van der Waals surface area contributed by atoms with Gasteiger partial charge >= 0.3 is 0 Å². The summed E-state index contributed by atoms with van der Waals surface area (Å²) in [6, 6.07) is 12.9. The van der Waals surface area contributed by atoms with Crippen LogP contribution in [0.2, 0.25) is 5.02 Å². The topological polar surface area (TPSA) is 59.4 Å². The van der Waals surface area contributed by atoms with Crippen molar-refractivity contribution in [2.75, 3.05) is 31.2 Å². The van der Waals surface area contributed by atoms with Crippen LogP contribution in [0.3, 0.4) is 0 Å². The lowest BCUT2D eigenvalue weighted by Crippen LogP contribution is -2.44. The Labute approximate surface area is 199 Å². The van der Waals surface area contributed by atoms with Gasteiger partial charge in [-0.15, -0.1) is 0 Å². The van der Waals surface area contributed by atoms with Crippen LogP contribution in [-0.2, 0) is 16.0 Å². The number of halogens is 1. The van der Waals surface area contributed by atoms with E-state index >= 15 is 0 Å². The van der Waals surface area contributed by atoms with E-state index in [1.165, 1.54) is 5.56 Å². The van der Waals surface area contributed by atoms with Crippen LogP contribution in [0.15, 0.2) is 36.4 Å². The highest BCUT2D eigenvalue weighted by Gasteiger charge is 2.30. The second-order valence-corrected chi connectivity index (χ2v) is 9.59. The standard InChI is InChI=1S/C26H31ClN4O2/c1-3-18-4-6-21(7-5-18)31-24-14-17(2)22(27)15-23(24)29-26(31)30-11-8-19(9-12-30)25(32)28-20-10-13-33-16-20/h4-7,14-15,19-20H,3,8-13,16H2,1-2H3,(H,28,32). The number of nitrogens with zero attached hydrogens (tertiary/aromatic N) is 3. The van der Waals surface area contributed by atoms with Crippen molar-refractivity contribution >= 4 is 34.5 Å². The van der Waals surface area contributed by atoms with Gasteiger partial charge in [-0.3, -0.25) is 9.36 Å². The third kappa shape index (κ3) is 4.46. The average molecular weight is 467 g/mol. The van der Waals surface area contributed by atoms with Crippen LogP contribution < -0.4 is 10.2 Å². The summed E-state index contributed by atoms with van der Waals surface area (Å²) in [4.78, 5) is 20.0. The molecule has 0 spiro atoms. The molecule has 174 valence electrons. The molecule has 2 aliphatic rings. The van der Waals surface area contributed by atoms with Gasteiger partial charge in [-0.25, -0.2) is 4.98 Å². The van der Waals surface area contributed by atoms with Gasteiger partial charge in [-0.2, -0.15) is 0 Å². The molecule has 1 amide bonds. The number of ether oxygens (including phenoxy) is 1. The molecule has 2 saturated heterocycles. The molecule has 0 aliphatic carbocycles. The summed E-state index contributed by atoms with van der Waals surface area (Å²) in [7, 11) is 0. The highest BCUT2D eigenvalue weighted by Crippen LogP contribution is 2.33. The van der Waals surface area contributed by atoms with Crippen LogP contribution in [0.5, 0.6) is 0 Å². The number of nitrogens with one attached hydrogen (secondary N) is 1. The highest BCUT2D eigenvalue weighted by molar-refractivity contribution is 6.32. The van der Waals surface area contributed by atoms with Crippen LogP contribution in [0.4, 0.5) is 5.95 Å². The molecule has 1 aromatic heterocycles. The highest BCUT2D eigenvalue weighted by atomic mass is 35.5. The Morgan fingerprint density at radius 2 is 1.94 bits per heavy atom. The van der Waals surface area contributed by atoms with E-state index in [1.807, 2.05) is 13.0 Å². The number of rotatable bonds is 5. The van der Waals surface area contributed by atoms with E-state index in [1.54, 1.807) is 0 Å². The summed E-state index contributed by atoms with van der Waals surface area (Å²) in [6.45, 7) is 7.15. The Kier molecular flexibility index (Phi) is 6.30. The lowest BCUT2D eigenvalue weighted by atomic mass is 9.95. The van der Waals surface area contributed by atoms with E-state index in [9.17, 15) is 4.79 Å². The fourth-order valence-corrected chi connectivity index (χ4v) is 5.00. The van der Waals surface area contributed by atoms with E-state index in [0.717, 1.165) is 78.6 Å². The summed E-state index contributed by atoms with van der Waals surface area (Å²) in [5.41, 5.74) is 5.38. The Hall–Kier alpha value is -2.57. The van der Waals surface area contributed by atoms with Crippen LogP contribution in [0, 0.1) is 12.8 Å². The predicted octanol–water partition coefficient (Wildman–Crippen LogP) is 4.67. The molecular weight excluding hydrogens is 436 g/mol. The number of imidazole rings is 1. The summed E-state index contributed by atoms with van der Waals surface area (Å²) in [5, 5.41) is 3.90. The zero-order chi connectivity index (χ0) is 22.9. The van der Waals surface area contributed by atoms with Gasteiger partial charge in [-0.05, 0) is 68.0 Å². The summed E-state index contributed by atoms with van der Waals surface area (Å²) >= 11 is 6.43. The minimum Gasteiger partial charge on any atom is -0.379 e. The van der Waals surface area contributed by atoms with Crippen molar-refractivity contribution in [3.63, 3.8) is 0 Å². The number of anilines is 1. The molecule has 2 aromatic carbocycles. The molecule has 0 radical (unpaired) electrons. The monoisotopic (exact) mass is 466 g/mol. The summed E-state index contributed by atoms with van der Waals surface area (Å²) in [6.07, 6.45) is 3.55. The number of amides is 1. The van der Waals surface area contributed by atoms with Crippen LogP contribution in [0.25, 0.3) is 16.7 Å². The second kappa shape index (κ2) is 9.35. The van der Waals surface area contributed by atoms with Gasteiger partial charge < -0.3 is 15.0 Å². The van der Waals surface area contributed by atoms with Crippen LogP contribution >= 0.6 is 11.6 Å². The second-order valence-electron chi connectivity index (χ2n) is 9.19. The van der Waals surface area contributed by atoms with Gasteiger partial charge in [0.05, 0.1) is 23.7 Å². The molecular formula is C26H31ClN4O2. The van der Waals surface area contributed by atoms with Gasteiger partial charge in [0.2, 0.25) is 11.9 Å². The number of hydrogen-bond donors (Lipinski definition) is 1. The molecule has 2 fully saturated rings. The van der Waals surface area contributed by atoms with E-state index in [-0.39, 0.29) is 17.9 Å².